The van der Waals surface area contributed by atoms with E-state index in [2.05, 4.69) is 163 Å². The fraction of sp³-hybridized carbons (Fsp3) is 0.0200. The number of para-hydroxylation sites is 1. The second-order valence-corrected chi connectivity index (χ2v) is 14.6. The predicted molar refractivity (Wildman–Crippen MR) is 231 cm³/mol. The van der Waals surface area contributed by atoms with Crippen molar-refractivity contribution in [1.82, 2.24) is 10.3 Å². The summed E-state index contributed by atoms with van der Waals surface area (Å²) in [6.45, 7) is 0. The SMILES string of the molecule is c1ccc(C2=NC(c3ccc(-c4ccc(-c5nc6ccccc6c6sc(-c7ccccc7)c(-c7ccccc7)c56)cc4)cc3)=NC(c3ccccc3)N2)cc1. The number of aliphatic imine (C=N–C) groups is 2. The van der Waals surface area contributed by atoms with Crippen molar-refractivity contribution in [3.63, 3.8) is 0 Å². The topological polar surface area (TPSA) is 49.6 Å². The van der Waals surface area contributed by atoms with Gasteiger partial charge in [-0.2, -0.15) is 0 Å². The monoisotopic (exact) mass is 722 g/mol. The summed E-state index contributed by atoms with van der Waals surface area (Å²) in [6.07, 6.45) is -0.235. The number of rotatable bonds is 7. The van der Waals surface area contributed by atoms with E-state index in [1.165, 1.54) is 37.0 Å². The van der Waals surface area contributed by atoms with Gasteiger partial charge < -0.3 is 5.32 Å². The standard InChI is InChI=1S/C50H34N4S/c1-5-15-35(16-6-1)43-44-45(51-42-24-14-13-23-41(42)47(44)55-46(43)37-17-7-2-8-18-37)36-29-25-33(26-30-36)34-27-31-40(32-28-34)50-53-48(38-19-9-3-10-20-38)52-49(54-50)39-21-11-4-12-22-39/h1-32,48H,(H,52,53,54). The minimum atomic E-state index is -0.235. The summed E-state index contributed by atoms with van der Waals surface area (Å²) in [6, 6.07) is 68.0. The van der Waals surface area contributed by atoms with E-state index in [0.717, 1.165) is 50.4 Å². The number of pyridine rings is 1. The Labute approximate surface area is 323 Å². The smallest absolute Gasteiger partial charge is 0.159 e. The van der Waals surface area contributed by atoms with Crippen LogP contribution in [0.1, 0.15) is 22.9 Å². The van der Waals surface area contributed by atoms with E-state index in [1.807, 2.05) is 47.7 Å². The third-order valence-corrected chi connectivity index (χ3v) is 11.4. The van der Waals surface area contributed by atoms with Crippen molar-refractivity contribution in [2.45, 2.75) is 6.17 Å². The molecule has 260 valence electrons. The van der Waals surface area contributed by atoms with E-state index < -0.39 is 0 Å². The summed E-state index contributed by atoms with van der Waals surface area (Å²) in [4.78, 5) is 16.7. The lowest BCUT2D eigenvalue weighted by molar-refractivity contribution is 0.674. The second-order valence-electron chi connectivity index (χ2n) is 13.6. The number of fused-ring (bicyclic) bond motifs is 3. The maximum Gasteiger partial charge on any atom is 0.159 e. The van der Waals surface area contributed by atoms with Crippen molar-refractivity contribution < 1.29 is 0 Å². The first-order valence-corrected chi connectivity index (χ1v) is 19.3. The Bertz CT molecular complexity index is 2850. The van der Waals surface area contributed by atoms with Crippen LogP contribution >= 0.6 is 11.3 Å². The summed E-state index contributed by atoms with van der Waals surface area (Å²) in [7, 11) is 0. The first-order chi connectivity index (χ1) is 27.3. The molecule has 0 radical (unpaired) electrons. The summed E-state index contributed by atoms with van der Waals surface area (Å²) in [5.41, 5.74) is 12.1. The van der Waals surface area contributed by atoms with Gasteiger partial charge in [0.25, 0.3) is 0 Å². The van der Waals surface area contributed by atoms with Gasteiger partial charge in [0, 0.05) is 42.6 Å². The van der Waals surface area contributed by atoms with Crippen molar-refractivity contribution >= 4 is 44.0 Å². The zero-order valence-corrected chi connectivity index (χ0v) is 30.6. The molecule has 9 aromatic rings. The molecule has 0 fully saturated rings. The lowest BCUT2D eigenvalue weighted by Gasteiger charge is -2.23. The highest BCUT2D eigenvalue weighted by atomic mass is 32.1. The van der Waals surface area contributed by atoms with Crippen LogP contribution in [0.2, 0.25) is 0 Å². The predicted octanol–water partition coefficient (Wildman–Crippen LogP) is 12.6. The van der Waals surface area contributed by atoms with Gasteiger partial charge in [0.15, 0.2) is 5.84 Å². The van der Waals surface area contributed by atoms with Gasteiger partial charge in [-0.25, -0.2) is 15.0 Å². The Morgan fingerprint density at radius 3 is 1.64 bits per heavy atom. The quantitative estimate of drug-likeness (QED) is 0.178. The van der Waals surface area contributed by atoms with Crippen LogP contribution in [-0.2, 0) is 0 Å². The molecule has 3 heterocycles. The first-order valence-electron chi connectivity index (χ1n) is 18.5. The summed E-state index contributed by atoms with van der Waals surface area (Å²) in [5.74, 6) is 1.52. The minimum absolute atomic E-state index is 0.235. The van der Waals surface area contributed by atoms with Gasteiger partial charge in [0.05, 0.1) is 11.2 Å². The van der Waals surface area contributed by atoms with E-state index in [0.29, 0.717) is 5.84 Å². The molecule has 0 saturated heterocycles. The largest absolute Gasteiger partial charge is 0.344 e. The summed E-state index contributed by atoms with van der Waals surface area (Å²) < 4.78 is 1.26. The number of hydrogen-bond donors (Lipinski definition) is 1. The molecule has 0 spiro atoms. The summed E-state index contributed by atoms with van der Waals surface area (Å²) >= 11 is 1.86. The Hall–Kier alpha value is -6.95. The average molecular weight is 723 g/mol. The number of nitrogens with zero attached hydrogens (tertiary/aromatic N) is 3. The van der Waals surface area contributed by atoms with Gasteiger partial charge in [0.2, 0.25) is 0 Å². The van der Waals surface area contributed by atoms with Crippen LogP contribution < -0.4 is 5.32 Å². The first kappa shape index (κ1) is 32.7. The molecule has 1 N–H and O–H groups in total. The molecule has 1 aliphatic heterocycles. The van der Waals surface area contributed by atoms with Crippen LogP contribution in [0.3, 0.4) is 0 Å². The lowest BCUT2D eigenvalue weighted by Crippen LogP contribution is -2.33. The van der Waals surface area contributed by atoms with E-state index in [4.69, 9.17) is 15.0 Å². The third kappa shape index (κ3) is 6.21. The van der Waals surface area contributed by atoms with Gasteiger partial charge >= 0.3 is 0 Å². The van der Waals surface area contributed by atoms with Crippen LogP contribution in [-0.4, -0.2) is 16.7 Å². The zero-order chi connectivity index (χ0) is 36.6. The third-order valence-electron chi connectivity index (χ3n) is 10.2. The molecular formula is C50H34N4S. The minimum Gasteiger partial charge on any atom is -0.344 e. The number of thiophene rings is 1. The normalized spacial score (nSPS) is 14.0. The van der Waals surface area contributed by atoms with E-state index >= 15 is 0 Å². The highest BCUT2D eigenvalue weighted by Gasteiger charge is 2.23. The Balaban J connectivity index is 1.04. The fourth-order valence-electron chi connectivity index (χ4n) is 7.43. The van der Waals surface area contributed by atoms with Crippen LogP contribution in [0.15, 0.2) is 204 Å². The fourth-order valence-corrected chi connectivity index (χ4v) is 8.79. The van der Waals surface area contributed by atoms with Crippen molar-refractivity contribution in [3.8, 4) is 44.0 Å². The highest BCUT2D eigenvalue weighted by Crippen LogP contribution is 2.50. The molecule has 0 saturated carbocycles. The molecule has 1 aliphatic rings. The second kappa shape index (κ2) is 14.1. The molecule has 1 atom stereocenters. The van der Waals surface area contributed by atoms with E-state index in [9.17, 15) is 0 Å². The lowest BCUT2D eigenvalue weighted by atomic mass is 9.94. The molecule has 4 nitrogen and oxygen atoms in total. The number of aromatic nitrogens is 1. The number of hydrogen-bond acceptors (Lipinski definition) is 5. The highest BCUT2D eigenvalue weighted by molar-refractivity contribution is 7.24. The number of benzene rings is 7. The van der Waals surface area contributed by atoms with Crippen molar-refractivity contribution in [3.05, 3.63) is 211 Å². The molecule has 0 bridgehead atoms. The van der Waals surface area contributed by atoms with Crippen LogP contribution in [0.5, 0.6) is 0 Å². The molecule has 5 heteroatoms. The van der Waals surface area contributed by atoms with Gasteiger partial charge in [0.1, 0.15) is 12.0 Å². The van der Waals surface area contributed by atoms with Gasteiger partial charge in [-0.15, -0.1) is 11.3 Å². The van der Waals surface area contributed by atoms with Crippen LogP contribution in [0, 0.1) is 0 Å². The molecule has 7 aromatic carbocycles. The van der Waals surface area contributed by atoms with E-state index in [1.54, 1.807) is 0 Å². The summed E-state index contributed by atoms with van der Waals surface area (Å²) in [5, 5.41) is 5.91. The van der Waals surface area contributed by atoms with Crippen LogP contribution in [0.4, 0.5) is 0 Å². The molecule has 10 rings (SSSR count). The molecule has 55 heavy (non-hydrogen) atoms. The number of nitrogens with one attached hydrogen (secondary N) is 1. The van der Waals surface area contributed by atoms with Crippen molar-refractivity contribution in [2.75, 3.05) is 0 Å². The van der Waals surface area contributed by atoms with E-state index in [-0.39, 0.29) is 6.17 Å². The molecule has 2 aromatic heterocycles. The Kier molecular flexibility index (Phi) is 8.39. The average Bonchev–Trinajstić information content (AvgIpc) is 3.69. The Morgan fingerprint density at radius 2 is 0.982 bits per heavy atom. The molecule has 1 unspecified atom stereocenters. The van der Waals surface area contributed by atoms with Gasteiger partial charge in [-0.3, -0.25) is 0 Å². The maximum absolute atomic E-state index is 5.36. The maximum atomic E-state index is 5.36. The van der Waals surface area contributed by atoms with Gasteiger partial charge in [-0.1, -0.05) is 188 Å². The van der Waals surface area contributed by atoms with Crippen molar-refractivity contribution in [1.29, 1.82) is 0 Å². The Morgan fingerprint density at radius 1 is 0.455 bits per heavy atom. The zero-order valence-electron chi connectivity index (χ0n) is 29.8. The van der Waals surface area contributed by atoms with Gasteiger partial charge in [-0.05, 0) is 33.9 Å². The molecular weight excluding hydrogens is 689 g/mol. The van der Waals surface area contributed by atoms with Crippen molar-refractivity contribution in [2.24, 2.45) is 9.98 Å². The van der Waals surface area contributed by atoms with Crippen LogP contribution in [0.25, 0.3) is 64.9 Å². The number of amidine groups is 2. The molecule has 0 aliphatic carbocycles. The molecule has 0 amide bonds.